The van der Waals surface area contributed by atoms with E-state index >= 15 is 0 Å². The smallest absolute Gasteiger partial charge is 0.337 e. The Morgan fingerprint density at radius 3 is 2.60 bits per heavy atom. The lowest BCUT2D eigenvalue weighted by molar-refractivity contribution is 0.0696. The third-order valence-electron chi connectivity index (χ3n) is 2.40. The number of aliphatic hydroxyl groups excluding tert-OH is 1. The minimum Gasteiger partial charge on any atom is -0.478 e. The van der Waals surface area contributed by atoms with Crippen molar-refractivity contribution in [2.45, 2.75) is 24.3 Å². The second-order valence-corrected chi connectivity index (χ2v) is 6.25. The van der Waals surface area contributed by atoms with Gasteiger partial charge in [-0.25, -0.2) is 22.3 Å². The lowest BCUT2D eigenvalue weighted by Crippen LogP contribution is -2.27. The zero-order valence-electron chi connectivity index (χ0n) is 10.4. The van der Waals surface area contributed by atoms with Crippen molar-refractivity contribution >= 4 is 27.6 Å². The molecule has 1 rings (SSSR count). The topological polar surface area (TPSA) is 104 Å². The van der Waals surface area contributed by atoms with Gasteiger partial charge in [0.25, 0.3) is 0 Å². The van der Waals surface area contributed by atoms with Crippen molar-refractivity contribution in [1.29, 1.82) is 0 Å². The number of halogens is 2. The third kappa shape index (κ3) is 4.14. The van der Waals surface area contributed by atoms with E-state index in [-0.39, 0.29) is 13.0 Å². The van der Waals surface area contributed by atoms with Crippen LogP contribution in [0.4, 0.5) is 4.39 Å². The summed E-state index contributed by atoms with van der Waals surface area (Å²) in [7, 11) is -4.07. The Kier molecular flexibility index (Phi) is 5.46. The summed E-state index contributed by atoms with van der Waals surface area (Å²) in [6.07, 6.45) is -0.532. The van der Waals surface area contributed by atoms with Crippen LogP contribution in [0.5, 0.6) is 0 Å². The molecule has 6 nitrogen and oxygen atoms in total. The van der Waals surface area contributed by atoms with Crippen LogP contribution in [0.2, 0.25) is 5.02 Å². The van der Waals surface area contributed by atoms with E-state index in [9.17, 15) is 17.6 Å². The normalized spacial score (nSPS) is 13.2. The molecule has 0 fully saturated rings. The first-order valence-corrected chi connectivity index (χ1v) is 7.41. The van der Waals surface area contributed by atoms with Crippen LogP contribution in [-0.4, -0.2) is 37.2 Å². The summed E-state index contributed by atoms with van der Waals surface area (Å²) in [5.74, 6) is -2.67. The van der Waals surface area contributed by atoms with Gasteiger partial charge in [-0.15, -0.1) is 0 Å². The molecular formula is C11H13ClFNO5S. The van der Waals surface area contributed by atoms with Crippen LogP contribution in [0.1, 0.15) is 23.7 Å². The van der Waals surface area contributed by atoms with E-state index in [4.69, 9.17) is 21.8 Å². The molecule has 0 amide bonds. The summed E-state index contributed by atoms with van der Waals surface area (Å²) in [5.41, 5.74) is -0.637. The number of rotatable bonds is 6. The number of hydrogen-bond donors (Lipinski definition) is 3. The van der Waals surface area contributed by atoms with Crippen molar-refractivity contribution in [3.05, 3.63) is 28.5 Å². The molecule has 0 aromatic heterocycles. The summed E-state index contributed by atoms with van der Waals surface area (Å²) in [4.78, 5) is 10.3. The second-order valence-electron chi connectivity index (χ2n) is 4.11. The molecule has 1 atom stereocenters. The standard InChI is InChI=1S/C11H13ClFNO5S/c1-6(15)2-3-14-20(18,19)7-4-8(11(16)17)10(12)9(13)5-7/h4-6,14-15H,2-3H2,1H3,(H,16,17). The van der Waals surface area contributed by atoms with Crippen LogP contribution in [0, 0.1) is 5.82 Å². The average molecular weight is 326 g/mol. The number of nitrogens with one attached hydrogen (secondary N) is 1. The maximum absolute atomic E-state index is 13.5. The minimum atomic E-state index is -4.07. The highest BCUT2D eigenvalue weighted by Gasteiger charge is 2.21. The number of benzene rings is 1. The van der Waals surface area contributed by atoms with Crippen LogP contribution in [-0.2, 0) is 10.0 Å². The maximum Gasteiger partial charge on any atom is 0.337 e. The predicted octanol–water partition coefficient (Wildman–Crippen LogP) is 1.23. The molecule has 0 aliphatic heterocycles. The summed E-state index contributed by atoms with van der Waals surface area (Å²) < 4.78 is 39.3. The molecule has 0 aliphatic rings. The van der Waals surface area contributed by atoms with Crippen molar-refractivity contribution in [3.8, 4) is 0 Å². The Balaban J connectivity index is 3.10. The Morgan fingerprint density at radius 1 is 1.50 bits per heavy atom. The van der Waals surface area contributed by atoms with E-state index in [1.165, 1.54) is 6.92 Å². The molecule has 3 N–H and O–H groups in total. The predicted molar refractivity (Wildman–Crippen MR) is 69.9 cm³/mol. The number of carboxylic acid groups (broad SMARTS) is 1. The van der Waals surface area contributed by atoms with Crippen molar-refractivity contribution in [1.82, 2.24) is 4.72 Å². The van der Waals surface area contributed by atoms with Crippen LogP contribution in [0.15, 0.2) is 17.0 Å². The molecule has 112 valence electrons. The molecule has 0 heterocycles. The Hall–Kier alpha value is -1.22. The quantitative estimate of drug-likeness (QED) is 0.729. The lowest BCUT2D eigenvalue weighted by Gasteiger charge is -2.09. The zero-order valence-corrected chi connectivity index (χ0v) is 12.0. The minimum absolute atomic E-state index is 0.0628. The van der Waals surface area contributed by atoms with Crippen LogP contribution in [0.3, 0.4) is 0 Å². The van der Waals surface area contributed by atoms with Gasteiger partial charge in [0, 0.05) is 6.54 Å². The number of carboxylic acids is 1. The van der Waals surface area contributed by atoms with E-state index < -0.39 is 43.4 Å². The van der Waals surface area contributed by atoms with E-state index in [0.717, 1.165) is 6.07 Å². The van der Waals surface area contributed by atoms with Crippen LogP contribution in [0.25, 0.3) is 0 Å². The first-order valence-electron chi connectivity index (χ1n) is 5.55. The van der Waals surface area contributed by atoms with Crippen molar-refractivity contribution in [2.75, 3.05) is 6.54 Å². The van der Waals surface area contributed by atoms with Gasteiger partial charge in [-0.05, 0) is 25.5 Å². The molecule has 0 aliphatic carbocycles. The second kappa shape index (κ2) is 6.49. The van der Waals surface area contributed by atoms with Crippen LogP contribution >= 0.6 is 11.6 Å². The van der Waals surface area contributed by atoms with Gasteiger partial charge in [-0.2, -0.15) is 0 Å². The fraction of sp³-hybridized carbons (Fsp3) is 0.364. The van der Waals surface area contributed by atoms with Gasteiger partial charge < -0.3 is 10.2 Å². The first-order chi connectivity index (χ1) is 9.15. The van der Waals surface area contributed by atoms with E-state index in [1.807, 2.05) is 0 Å². The fourth-order valence-electron chi connectivity index (χ4n) is 1.36. The Morgan fingerprint density at radius 2 is 2.10 bits per heavy atom. The van der Waals surface area contributed by atoms with Gasteiger partial charge in [-0.1, -0.05) is 11.6 Å². The van der Waals surface area contributed by atoms with Gasteiger partial charge in [0.15, 0.2) is 0 Å². The first kappa shape index (κ1) is 16.8. The monoisotopic (exact) mass is 325 g/mol. The van der Waals surface area contributed by atoms with E-state index in [1.54, 1.807) is 0 Å². The molecule has 0 spiro atoms. The molecular weight excluding hydrogens is 313 g/mol. The van der Waals surface area contributed by atoms with Crippen molar-refractivity contribution in [2.24, 2.45) is 0 Å². The number of hydrogen-bond acceptors (Lipinski definition) is 4. The number of aliphatic hydroxyl groups is 1. The zero-order chi connectivity index (χ0) is 15.5. The Bertz CT molecular complexity index is 617. The molecule has 20 heavy (non-hydrogen) atoms. The molecule has 1 unspecified atom stereocenters. The Labute approximate surface area is 120 Å². The van der Waals surface area contributed by atoms with Gasteiger partial charge in [0.1, 0.15) is 5.82 Å². The largest absolute Gasteiger partial charge is 0.478 e. The molecule has 0 radical (unpaired) electrons. The fourth-order valence-corrected chi connectivity index (χ4v) is 2.64. The molecule has 9 heteroatoms. The molecule has 0 saturated heterocycles. The lowest BCUT2D eigenvalue weighted by atomic mass is 10.2. The number of sulfonamides is 1. The summed E-state index contributed by atoms with van der Waals surface area (Å²) in [6, 6.07) is 1.41. The summed E-state index contributed by atoms with van der Waals surface area (Å²) >= 11 is 5.45. The maximum atomic E-state index is 13.5. The molecule has 1 aromatic rings. The molecule has 0 saturated carbocycles. The van der Waals surface area contributed by atoms with E-state index in [0.29, 0.717) is 6.07 Å². The SMILES string of the molecule is CC(O)CCNS(=O)(=O)c1cc(F)c(Cl)c(C(=O)O)c1. The van der Waals surface area contributed by atoms with Crippen molar-refractivity contribution < 1.29 is 27.8 Å². The van der Waals surface area contributed by atoms with Gasteiger partial charge in [-0.3, -0.25) is 0 Å². The highest BCUT2D eigenvalue weighted by atomic mass is 35.5. The van der Waals surface area contributed by atoms with Gasteiger partial charge >= 0.3 is 5.97 Å². The summed E-state index contributed by atoms with van der Waals surface area (Å²) in [5, 5.41) is 17.2. The molecule has 0 bridgehead atoms. The highest BCUT2D eigenvalue weighted by Crippen LogP contribution is 2.24. The van der Waals surface area contributed by atoms with Gasteiger partial charge in [0.2, 0.25) is 10.0 Å². The number of carbonyl (C=O) groups is 1. The summed E-state index contributed by atoms with van der Waals surface area (Å²) in [6.45, 7) is 1.42. The average Bonchev–Trinajstić information content (AvgIpc) is 2.31. The van der Waals surface area contributed by atoms with Crippen molar-refractivity contribution in [3.63, 3.8) is 0 Å². The van der Waals surface area contributed by atoms with Gasteiger partial charge in [0.05, 0.1) is 21.6 Å². The molecule has 1 aromatic carbocycles. The third-order valence-corrected chi connectivity index (χ3v) is 4.22. The van der Waals surface area contributed by atoms with Crippen LogP contribution < -0.4 is 4.72 Å². The van der Waals surface area contributed by atoms with E-state index in [2.05, 4.69) is 4.72 Å². The highest BCUT2D eigenvalue weighted by molar-refractivity contribution is 7.89. The number of aromatic carboxylic acids is 1.